The molecule has 0 bridgehead atoms. The molecule has 1 aliphatic heterocycles. The number of hydrogen-bond donors (Lipinski definition) is 2. The zero-order valence-corrected chi connectivity index (χ0v) is 10.7. The summed E-state index contributed by atoms with van der Waals surface area (Å²) < 4.78 is 5.46. The van der Waals surface area contributed by atoms with E-state index in [9.17, 15) is 0 Å². The van der Waals surface area contributed by atoms with E-state index in [0.29, 0.717) is 12.1 Å². The molecule has 2 N–H and O–H groups in total. The third-order valence-electron chi connectivity index (χ3n) is 3.41. The van der Waals surface area contributed by atoms with Crippen LogP contribution in [-0.2, 0) is 0 Å². The van der Waals surface area contributed by atoms with Crippen LogP contribution in [0.5, 0.6) is 5.75 Å². The molecule has 1 saturated heterocycles. The first-order chi connectivity index (χ1) is 8.33. The highest BCUT2D eigenvalue weighted by Gasteiger charge is 2.21. The van der Waals surface area contributed by atoms with Crippen LogP contribution in [0.4, 0.5) is 0 Å². The SMILES string of the molecule is CCOc1ccc(C2CC(NC)CCN2)cc1. The Kier molecular flexibility index (Phi) is 4.40. The molecule has 3 heteroatoms. The highest BCUT2D eigenvalue weighted by molar-refractivity contribution is 5.29. The molecule has 1 aliphatic rings. The van der Waals surface area contributed by atoms with Crippen LogP contribution in [0.1, 0.15) is 31.4 Å². The van der Waals surface area contributed by atoms with Gasteiger partial charge in [0.1, 0.15) is 5.75 Å². The van der Waals surface area contributed by atoms with Crippen molar-refractivity contribution in [2.75, 3.05) is 20.2 Å². The zero-order chi connectivity index (χ0) is 12.1. The average molecular weight is 234 g/mol. The largest absolute Gasteiger partial charge is 0.494 e. The second-order valence-corrected chi connectivity index (χ2v) is 4.52. The van der Waals surface area contributed by atoms with Crippen molar-refractivity contribution in [3.8, 4) is 5.75 Å². The molecule has 0 aromatic heterocycles. The molecule has 1 fully saturated rings. The molecule has 3 nitrogen and oxygen atoms in total. The monoisotopic (exact) mass is 234 g/mol. The fraction of sp³-hybridized carbons (Fsp3) is 0.571. The van der Waals surface area contributed by atoms with Gasteiger partial charge in [0, 0.05) is 12.1 Å². The number of rotatable bonds is 4. The number of benzene rings is 1. The standard InChI is InChI=1S/C14H22N2O/c1-3-17-13-6-4-11(5-7-13)14-10-12(15-2)8-9-16-14/h4-7,12,14-16H,3,8-10H2,1-2H3. The molecule has 94 valence electrons. The van der Waals surface area contributed by atoms with Crippen LogP contribution in [-0.4, -0.2) is 26.2 Å². The normalized spacial score (nSPS) is 24.6. The maximum atomic E-state index is 5.46. The maximum Gasteiger partial charge on any atom is 0.119 e. The molecule has 1 aromatic rings. The number of piperidine rings is 1. The van der Waals surface area contributed by atoms with E-state index in [1.54, 1.807) is 0 Å². The van der Waals surface area contributed by atoms with Crippen molar-refractivity contribution in [3.63, 3.8) is 0 Å². The van der Waals surface area contributed by atoms with Gasteiger partial charge in [-0.1, -0.05) is 12.1 Å². The molecule has 0 saturated carbocycles. The predicted molar refractivity (Wildman–Crippen MR) is 70.4 cm³/mol. The topological polar surface area (TPSA) is 33.3 Å². The van der Waals surface area contributed by atoms with Gasteiger partial charge in [-0.3, -0.25) is 0 Å². The van der Waals surface area contributed by atoms with Crippen molar-refractivity contribution in [3.05, 3.63) is 29.8 Å². The second kappa shape index (κ2) is 6.03. The van der Waals surface area contributed by atoms with Crippen molar-refractivity contribution in [1.29, 1.82) is 0 Å². The summed E-state index contributed by atoms with van der Waals surface area (Å²) in [6, 6.07) is 9.55. The Morgan fingerprint density at radius 3 is 2.76 bits per heavy atom. The minimum Gasteiger partial charge on any atom is -0.494 e. The van der Waals surface area contributed by atoms with Crippen LogP contribution in [0, 0.1) is 0 Å². The van der Waals surface area contributed by atoms with Crippen molar-refractivity contribution in [2.45, 2.75) is 31.8 Å². The van der Waals surface area contributed by atoms with Gasteiger partial charge < -0.3 is 15.4 Å². The van der Waals surface area contributed by atoms with E-state index in [2.05, 4.69) is 34.9 Å². The van der Waals surface area contributed by atoms with Gasteiger partial charge in [0.05, 0.1) is 6.61 Å². The lowest BCUT2D eigenvalue weighted by Gasteiger charge is -2.30. The first-order valence-electron chi connectivity index (χ1n) is 6.47. The Labute approximate surface area is 104 Å². The van der Waals surface area contributed by atoms with Gasteiger partial charge >= 0.3 is 0 Å². The van der Waals surface area contributed by atoms with Gasteiger partial charge in [0.25, 0.3) is 0 Å². The van der Waals surface area contributed by atoms with E-state index in [0.717, 1.165) is 25.3 Å². The van der Waals surface area contributed by atoms with Crippen LogP contribution in [0.15, 0.2) is 24.3 Å². The Bertz CT molecular complexity index is 337. The average Bonchev–Trinajstić information content (AvgIpc) is 2.40. The molecular weight excluding hydrogens is 212 g/mol. The van der Waals surface area contributed by atoms with Crippen LogP contribution in [0.2, 0.25) is 0 Å². The van der Waals surface area contributed by atoms with E-state index >= 15 is 0 Å². The number of ether oxygens (including phenoxy) is 1. The molecule has 2 unspecified atom stereocenters. The molecular formula is C14H22N2O. The summed E-state index contributed by atoms with van der Waals surface area (Å²) in [6.07, 6.45) is 2.37. The van der Waals surface area contributed by atoms with Gasteiger partial charge in [0.2, 0.25) is 0 Å². The summed E-state index contributed by atoms with van der Waals surface area (Å²) in [5, 5.41) is 6.94. The first kappa shape index (κ1) is 12.4. The second-order valence-electron chi connectivity index (χ2n) is 4.52. The van der Waals surface area contributed by atoms with Gasteiger partial charge in [-0.25, -0.2) is 0 Å². The van der Waals surface area contributed by atoms with Gasteiger partial charge in [0.15, 0.2) is 0 Å². The lowest BCUT2D eigenvalue weighted by molar-refractivity contribution is 0.333. The minimum atomic E-state index is 0.469. The maximum absolute atomic E-state index is 5.46. The Morgan fingerprint density at radius 2 is 2.12 bits per heavy atom. The van der Waals surface area contributed by atoms with E-state index in [1.807, 2.05) is 14.0 Å². The van der Waals surface area contributed by atoms with E-state index in [1.165, 1.54) is 12.0 Å². The third kappa shape index (κ3) is 3.20. The molecule has 17 heavy (non-hydrogen) atoms. The summed E-state index contributed by atoms with van der Waals surface area (Å²) in [5.74, 6) is 0.956. The summed E-state index contributed by atoms with van der Waals surface area (Å²) in [5.41, 5.74) is 1.36. The van der Waals surface area contributed by atoms with Gasteiger partial charge in [-0.2, -0.15) is 0 Å². The number of hydrogen-bond acceptors (Lipinski definition) is 3. The van der Waals surface area contributed by atoms with E-state index in [-0.39, 0.29) is 0 Å². The van der Waals surface area contributed by atoms with Crippen molar-refractivity contribution in [2.24, 2.45) is 0 Å². The molecule has 2 atom stereocenters. The van der Waals surface area contributed by atoms with Crippen molar-refractivity contribution in [1.82, 2.24) is 10.6 Å². The molecule has 0 spiro atoms. The van der Waals surface area contributed by atoms with E-state index in [4.69, 9.17) is 4.74 Å². The highest BCUT2D eigenvalue weighted by atomic mass is 16.5. The first-order valence-corrected chi connectivity index (χ1v) is 6.47. The highest BCUT2D eigenvalue weighted by Crippen LogP contribution is 2.24. The van der Waals surface area contributed by atoms with Crippen LogP contribution >= 0.6 is 0 Å². The predicted octanol–water partition coefficient (Wildman–Crippen LogP) is 2.10. The van der Waals surface area contributed by atoms with Crippen LogP contribution in [0.3, 0.4) is 0 Å². The van der Waals surface area contributed by atoms with Crippen LogP contribution < -0.4 is 15.4 Å². The summed E-state index contributed by atoms with van der Waals surface area (Å²) in [4.78, 5) is 0. The van der Waals surface area contributed by atoms with Gasteiger partial charge in [-0.15, -0.1) is 0 Å². The van der Waals surface area contributed by atoms with Crippen LogP contribution in [0.25, 0.3) is 0 Å². The zero-order valence-electron chi connectivity index (χ0n) is 10.7. The summed E-state index contributed by atoms with van der Waals surface area (Å²) in [6.45, 7) is 3.82. The lowest BCUT2D eigenvalue weighted by Crippen LogP contribution is -2.40. The molecule has 1 heterocycles. The quantitative estimate of drug-likeness (QED) is 0.837. The van der Waals surface area contributed by atoms with Crippen molar-refractivity contribution >= 4 is 0 Å². The van der Waals surface area contributed by atoms with E-state index < -0.39 is 0 Å². The fourth-order valence-corrected chi connectivity index (χ4v) is 2.40. The molecule has 2 rings (SSSR count). The Balaban J connectivity index is 2.01. The summed E-state index contributed by atoms with van der Waals surface area (Å²) in [7, 11) is 2.05. The van der Waals surface area contributed by atoms with Gasteiger partial charge in [-0.05, 0) is 51.1 Å². The fourth-order valence-electron chi connectivity index (χ4n) is 2.40. The number of nitrogens with one attached hydrogen (secondary N) is 2. The molecule has 0 amide bonds. The van der Waals surface area contributed by atoms with Crippen molar-refractivity contribution < 1.29 is 4.74 Å². The minimum absolute atomic E-state index is 0.469. The third-order valence-corrected chi connectivity index (χ3v) is 3.41. The molecule has 1 aromatic carbocycles. The molecule has 0 radical (unpaired) electrons. The lowest BCUT2D eigenvalue weighted by atomic mass is 9.94. The Hall–Kier alpha value is -1.06. The Morgan fingerprint density at radius 1 is 1.35 bits per heavy atom. The summed E-state index contributed by atoms with van der Waals surface area (Å²) >= 11 is 0. The smallest absolute Gasteiger partial charge is 0.119 e. The molecule has 0 aliphatic carbocycles.